The maximum atomic E-state index is 12.0. The minimum atomic E-state index is -1.29. The average molecular weight is 329 g/mol. The molecule has 2 aromatic rings. The van der Waals surface area contributed by atoms with Gasteiger partial charge < -0.3 is 19.9 Å². The third-order valence-corrected chi connectivity index (χ3v) is 3.69. The Hall–Kier alpha value is -2.37. The summed E-state index contributed by atoms with van der Waals surface area (Å²) >= 11 is 0. The summed E-state index contributed by atoms with van der Waals surface area (Å²) in [5.74, 6) is 0.0741. The van der Waals surface area contributed by atoms with Crippen LogP contribution in [0.4, 0.5) is 0 Å². The molecular formula is C19H23NO4. The number of methoxy groups -OCH3 is 1. The van der Waals surface area contributed by atoms with Gasteiger partial charge in [-0.15, -0.1) is 0 Å². The van der Waals surface area contributed by atoms with E-state index in [1.165, 1.54) is 0 Å². The standard InChI is InChI=1S/C19H23NO4/c1-3-24-19(22)18(21)17(15-9-11-16(23-2)12-10-15)20-13-14-7-5-4-6-8-14/h4-12,17-18,20-21H,3,13H2,1-2H3/t17-,18-/m1/s1. The maximum Gasteiger partial charge on any atom is 0.336 e. The Morgan fingerprint density at radius 1 is 1.12 bits per heavy atom. The summed E-state index contributed by atoms with van der Waals surface area (Å²) in [6.07, 6.45) is -1.29. The van der Waals surface area contributed by atoms with Crippen molar-refractivity contribution >= 4 is 5.97 Å². The fourth-order valence-corrected chi connectivity index (χ4v) is 2.41. The molecule has 0 fully saturated rings. The van der Waals surface area contributed by atoms with E-state index in [9.17, 15) is 9.90 Å². The van der Waals surface area contributed by atoms with Crippen molar-refractivity contribution in [3.8, 4) is 5.75 Å². The number of esters is 1. The molecule has 0 spiro atoms. The van der Waals surface area contributed by atoms with E-state index >= 15 is 0 Å². The van der Waals surface area contributed by atoms with Crippen molar-refractivity contribution in [2.24, 2.45) is 0 Å². The SMILES string of the molecule is CCOC(=O)[C@H](O)[C@H](NCc1ccccc1)c1ccc(OC)cc1. The lowest BCUT2D eigenvalue weighted by Gasteiger charge is -2.23. The van der Waals surface area contributed by atoms with Crippen LogP contribution >= 0.6 is 0 Å². The highest BCUT2D eigenvalue weighted by atomic mass is 16.5. The molecule has 5 nitrogen and oxygen atoms in total. The van der Waals surface area contributed by atoms with Crippen LogP contribution in [-0.4, -0.2) is 30.9 Å². The topological polar surface area (TPSA) is 67.8 Å². The van der Waals surface area contributed by atoms with Gasteiger partial charge in [-0.05, 0) is 30.2 Å². The van der Waals surface area contributed by atoms with Crippen molar-refractivity contribution < 1.29 is 19.4 Å². The summed E-state index contributed by atoms with van der Waals surface area (Å²) in [6, 6.07) is 16.5. The van der Waals surface area contributed by atoms with Crippen molar-refractivity contribution in [3.05, 3.63) is 65.7 Å². The van der Waals surface area contributed by atoms with Gasteiger partial charge in [-0.3, -0.25) is 0 Å². The lowest BCUT2D eigenvalue weighted by atomic mass is 10.0. The van der Waals surface area contributed by atoms with Crippen LogP contribution in [0, 0.1) is 0 Å². The number of ether oxygens (including phenoxy) is 2. The molecule has 0 bridgehead atoms. The third kappa shape index (κ3) is 4.81. The smallest absolute Gasteiger partial charge is 0.336 e. The van der Waals surface area contributed by atoms with Crippen LogP contribution < -0.4 is 10.1 Å². The van der Waals surface area contributed by atoms with Crippen LogP contribution in [0.15, 0.2) is 54.6 Å². The minimum absolute atomic E-state index is 0.226. The van der Waals surface area contributed by atoms with E-state index in [0.29, 0.717) is 12.3 Å². The number of aliphatic hydroxyl groups excluding tert-OH is 1. The van der Waals surface area contributed by atoms with Gasteiger partial charge in [0.1, 0.15) is 5.75 Å². The normalized spacial score (nSPS) is 13.1. The molecule has 0 saturated carbocycles. The molecule has 0 aliphatic heterocycles. The maximum absolute atomic E-state index is 12.0. The molecule has 5 heteroatoms. The predicted molar refractivity (Wildman–Crippen MR) is 91.7 cm³/mol. The number of hydrogen-bond donors (Lipinski definition) is 2. The molecule has 0 radical (unpaired) electrons. The summed E-state index contributed by atoms with van der Waals surface area (Å²) in [5, 5.41) is 13.6. The number of hydrogen-bond acceptors (Lipinski definition) is 5. The molecule has 0 aliphatic rings. The summed E-state index contributed by atoms with van der Waals surface area (Å²) < 4.78 is 10.1. The Morgan fingerprint density at radius 3 is 2.38 bits per heavy atom. The number of carbonyl (C=O) groups is 1. The van der Waals surface area contributed by atoms with Gasteiger partial charge in [-0.2, -0.15) is 0 Å². The first-order valence-corrected chi connectivity index (χ1v) is 7.91. The molecule has 2 atom stereocenters. The zero-order valence-corrected chi connectivity index (χ0v) is 13.9. The van der Waals surface area contributed by atoms with Gasteiger partial charge in [0.05, 0.1) is 19.8 Å². The van der Waals surface area contributed by atoms with Gasteiger partial charge >= 0.3 is 5.97 Å². The molecular weight excluding hydrogens is 306 g/mol. The van der Waals surface area contributed by atoms with E-state index in [0.717, 1.165) is 11.1 Å². The molecule has 0 amide bonds. The van der Waals surface area contributed by atoms with Crippen molar-refractivity contribution in [2.75, 3.05) is 13.7 Å². The molecule has 0 aliphatic carbocycles. The van der Waals surface area contributed by atoms with Crippen LogP contribution in [0.1, 0.15) is 24.1 Å². The third-order valence-electron chi connectivity index (χ3n) is 3.69. The average Bonchev–Trinajstić information content (AvgIpc) is 2.63. The fourth-order valence-electron chi connectivity index (χ4n) is 2.41. The van der Waals surface area contributed by atoms with Gasteiger partial charge in [0, 0.05) is 6.54 Å². The van der Waals surface area contributed by atoms with E-state index in [1.807, 2.05) is 42.5 Å². The van der Waals surface area contributed by atoms with E-state index in [-0.39, 0.29) is 6.61 Å². The van der Waals surface area contributed by atoms with Crippen LogP contribution in [0.3, 0.4) is 0 Å². The molecule has 128 valence electrons. The number of benzene rings is 2. The number of nitrogens with one attached hydrogen (secondary N) is 1. The Balaban J connectivity index is 2.17. The lowest BCUT2D eigenvalue weighted by Crippen LogP contribution is -2.38. The molecule has 0 saturated heterocycles. The van der Waals surface area contributed by atoms with Crippen LogP contribution in [-0.2, 0) is 16.1 Å². The van der Waals surface area contributed by atoms with Gasteiger partial charge in [-0.25, -0.2) is 4.79 Å². The van der Waals surface area contributed by atoms with Crippen molar-refractivity contribution in [1.29, 1.82) is 0 Å². The monoisotopic (exact) mass is 329 g/mol. The second-order valence-electron chi connectivity index (χ2n) is 5.31. The van der Waals surface area contributed by atoms with Crippen molar-refractivity contribution in [3.63, 3.8) is 0 Å². The van der Waals surface area contributed by atoms with Gasteiger partial charge in [0.15, 0.2) is 6.10 Å². The van der Waals surface area contributed by atoms with Gasteiger partial charge in [0.25, 0.3) is 0 Å². The quantitative estimate of drug-likeness (QED) is 0.728. The summed E-state index contributed by atoms with van der Waals surface area (Å²) in [5.41, 5.74) is 1.85. The number of rotatable bonds is 8. The number of aliphatic hydroxyl groups is 1. The molecule has 24 heavy (non-hydrogen) atoms. The highest BCUT2D eigenvalue weighted by Crippen LogP contribution is 2.22. The van der Waals surface area contributed by atoms with Crippen molar-refractivity contribution in [1.82, 2.24) is 5.32 Å². The molecule has 2 rings (SSSR count). The zero-order chi connectivity index (χ0) is 17.4. The van der Waals surface area contributed by atoms with Gasteiger partial charge in [0.2, 0.25) is 0 Å². The Morgan fingerprint density at radius 2 is 1.79 bits per heavy atom. The Labute approximate surface area is 142 Å². The fraction of sp³-hybridized carbons (Fsp3) is 0.316. The van der Waals surface area contributed by atoms with E-state index in [2.05, 4.69) is 5.32 Å². The van der Waals surface area contributed by atoms with E-state index in [4.69, 9.17) is 9.47 Å². The highest BCUT2D eigenvalue weighted by Gasteiger charge is 2.28. The zero-order valence-electron chi connectivity index (χ0n) is 13.9. The molecule has 0 aromatic heterocycles. The first kappa shape index (κ1) is 18.0. The molecule has 2 aromatic carbocycles. The second kappa shape index (κ2) is 9.05. The Bertz CT molecular complexity index is 628. The van der Waals surface area contributed by atoms with Gasteiger partial charge in [-0.1, -0.05) is 42.5 Å². The first-order valence-electron chi connectivity index (χ1n) is 7.91. The molecule has 2 N–H and O–H groups in total. The lowest BCUT2D eigenvalue weighted by molar-refractivity contribution is -0.154. The summed E-state index contributed by atoms with van der Waals surface area (Å²) in [6.45, 7) is 2.46. The van der Waals surface area contributed by atoms with Crippen LogP contribution in [0.5, 0.6) is 5.75 Å². The molecule has 0 heterocycles. The van der Waals surface area contributed by atoms with Crippen LogP contribution in [0.2, 0.25) is 0 Å². The summed E-state index contributed by atoms with van der Waals surface area (Å²) in [7, 11) is 1.59. The van der Waals surface area contributed by atoms with Crippen LogP contribution in [0.25, 0.3) is 0 Å². The predicted octanol–water partition coefficient (Wildman–Crippen LogP) is 2.45. The number of carbonyl (C=O) groups excluding carboxylic acids is 1. The van der Waals surface area contributed by atoms with E-state index < -0.39 is 18.1 Å². The molecule has 0 unspecified atom stereocenters. The summed E-state index contributed by atoms with van der Waals surface area (Å²) in [4.78, 5) is 12.0. The largest absolute Gasteiger partial charge is 0.497 e. The minimum Gasteiger partial charge on any atom is -0.497 e. The second-order valence-corrected chi connectivity index (χ2v) is 5.31. The van der Waals surface area contributed by atoms with Crippen molar-refractivity contribution in [2.45, 2.75) is 25.6 Å². The first-order chi connectivity index (χ1) is 11.7. The Kier molecular flexibility index (Phi) is 6.78. The van der Waals surface area contributed by atoms with E-state index in [1.54, 1.807) is 26.2 Å². The highest BCUT2D eigenvalue weighted by molar-refractivity contribution is 5.75.